The van der Waals surface area contributed by atoms with E-state index in [1.54, 1.807) is 28.7 Å². The van der Waals surface area contributed by atoms with E-state index in [1.165, 1.54) is 10.8 Å². The molecular weight excluding hydrogens is 686 g/mol. The summed E-state index contributed by atoms with van der Waals surface area (Å²) in [6, 6.07) is 3.62. The number of nitrogens with one attached hydrogen (secondary N) is 2. The first-order valence-corrected chi connectivity index (χ1v) is 16.3. The van der Waals surface area contributed by atoms with Gasteiger partial charge in [0.05, 0.1) is 42.0 Å². The van der Waals surface area contributed by atoms with Crippen molar-refractivity contribution < 1.29 is 19.4 Å². The van der Waals surface area contributed by atoms with Crippen LogP contribution >= 0.6 is 15.9 Å². The summed E-state index contributed by atoms with van der Waals surface area (Å²) < 4.78 is 9.31. The molecule has 2 aliphatic rings. The molecule has 0 aliphatic carbocycles. The minimum Gasteiger partial charge on any atom is -0.504 e. The molecule has 1 aromatic carbocycles. The van der Waals surface area contributed by atoms with Crippen molar-refractivity contribution in [3.8, 4) is 5.75 Å². The molecule has 48 heavy (non-hydrogen) atoms. The first kappa shape index (κ1) is 31.4. The van der Waals surface area contributed by atoms with Gasteiger partial charge < -0.3 is 29.5 Å². The van der Waals surface area contributed by atoms with Gasteiger partial charge in [0.25, 0.3) is 11.5 Å². The summed E-state index contributed by atoms with van der Waals surface area (Å²) in [4.78, 5) is 57.4. The smallest absolute Gasteiger partial charge is 0.299 e. The van der Waals surface area contributed by atoms with E-state index in [2.05, 4.69) is 46.5 Å². The van der Waals surface area contributed by atoms with E-state index in [-0.39, 0.29) is 48.3 Å². The number of amides is 2. The Morgan fingerprint density at radius 1 is 1.17 bits per heavy atom. The highest BCUT2D eigenvalue weighted by Crippen LogP contribution is 2.29. The second-order valence-electron chi connectivity index (χ2n) is 11.5. The highest BCUT2D eigenvalue weighted by molar-refractivity contribution is 9.10. The number of hydrogen-bond donors (Lipinski definition) is 3. The highest BCUT2D eigenvalue weighted by atomic mass is 79.9. The van der Waals surface area contributed by atoms with Gasteiger partial charge in [-0.1, -0.05) is 28.9 Å². The van der Waals surface area contributed by atoms with Crippen LogP contribution in [-0.4, -0.2) is 101 Å². The molecule has 1 fully saturated rings. The van der Waals surface area contributed by atoms with E-state index in [1.807, 2.05) is 24.0 Å². The summed E-state index contributed by atoms with van der Waals surface area (Å²) in [5.41, 5.74) is 3.01. The number of benzene rings is 1. The van der Waals surface area contributed by atoms with Crippen molar-refractivity contribution >= 4 is 61.4 Å². The summed E-state index contributed by atoms with van der Waals surface area (Å²) in [7, 11) is 0. The van der Waals surface area contributed by atoms with Gasteiger partial charge >= 0.3 is 0 Å². The maximum Gasteiger partial charge on any atom is 0.299 e. The predicted molar refractivity (Wildman–Crippen MR) is 179 cm³/mol. The molecule has 7 rings (SSSR count). The molecule has 5 aromatic rings. The predicted octanol–water partition coefficient (Wildman–Crippen LogP) is 2.30. The second-order valence-corrected chi connectivity index (χ2v) is 12.3. The maximum atomic E-state index is 14.2. The topological polar surface area (TPSA) is 189 Å². The Morgan fingerprint density at radius 2 is 1.98 bits per heavy atom. The number of carbonyl (C=O) groups is 2. The van der Waals surface area contributed by atoms with Crippen LogP contribution in [0.25, 0.3) is 22.3 Å². The number of carbonyl (C=O) groups excluding carboxylic acids is 2. The average molecular weight is 719 g/mol. The number of fused-ring (bicyclic) bond motifs is 2. The van der Waals surface area contributed by atoms with Gasteiger partial charge in [-0.2, -0.15) is 14.6 Å². The van der Waals surface area contributed by atoms with Crippen molar-refractivity contribution in [2.24, 2.45) is 0 Å². The fraction of sp³-hybridized carbons (Fsp3) is 0.355. The van der Waals surface area contributed by atoms with Crippen LogP contribution in [0.1, 0.15) is 41.0 Å². The molecule has 2 aliphatic heterocycles. The molecule has 4 aromatic heterocycles. The average Bonchev–Trinajstić information content (AvgIpc) is 3.78. The number of aromatic nitrogens is 8. The van der Waals surface area contributed by atoms with Gasteiger partial charge in [0, 0.05) is 36.0 Å². The Labute approximate surface area is 281 Å². The van der Waals surface area contributed by atoms with Crippen molar-refractivity contribution in [3.05, 3.63) is 68.5 Å². The second kappa shape index (κ2) is 12.8. The number of piperazine rings is 1. The standard InChI is InChI=1S/C31H32BrN11O5/c1-3-22-26(40-8-10-41(11-9-40)29(46)25-27(45)17(2)33-16-34-25)30(47)43-31(37-28(39-43)18-6-12-48-13-7-18)42(22)15-23(44)36-21-5-4-20(32)19-14-35-38-24(19)21/h4-6,14,16,45H,3,7-13,15H2,1-2H3,(H,35,38)(H,36,44). The van der Waals surface area contributed by atoms with Crippen molar-refractivity contribution in [2.75, 3.05) is 49.6 Å². The highest BCUT2D eigenvalue weighted by Gasteiger charge is 2.30. The molecule has 17 heteroatoms. The zero-order valence-corrected chi connectivity index (χ0v) is 27.8. The number of anilines is 2. The largest absolute Gasteiger partial charge is 0.504 e. The van der Waals surface area contributed by atoms with Gasteiger partial charge in [-0.15, -0.1) is 5.10 Å². The molecule has 248 valence electrons. The number of aromatic amines is 1. The number of H-pyrrole nitrogens is 1. The van der Waals surface area contributed by atoms with Crippen LogP contribution in [0.2, 0.25) is 0 Å². The van der Waals surface area contributed by atoms with Crippen LogP contribution < -0.4 is 15.8 Å². The molecule has 0 saturated carbocycles. The van der Waals surface area contributed by atoms with E-state index in [0.717, 1.165) is 15.4 Å². The molecule has 6 heterocycles. The van der Waals surface area contributed by atoms with E-state index in [0.29, 0.717) is 73.2 Å². The zero-order valence-electron chi connectivity index (χ0n) is 26.2. The molecule has 3 N–H and O–H groups in total. The minimum absolute atomic E-state index is 0.0595. The third kappa shape index (κ3) is 5.57. The Balaban J connectivity index is 1.24. The van der Waals surface area contributed by atoms with Crippen molar-refractivity contribution in [3.63, 3.8) is 0 Å². The lowest BCUT2D eigenvalue weighted by atomic mass is 10.1. The zero-order chi connectivity index (χ0) is 33.5. The molecule has 0 spiro atoms. The molecule has 0 atom stereocenters. The van der Waals surface area contributed by atoms with Crippen LogP contribution in [0.15, 0.2) is 40.0 Å². The summed E-state index contributed by atoms with van der Waals surface area (Å²) in [5, 5.41) is 25.9. The van der Waals surface area contributed by atoms with Crippen LogP contribution in [0.5, 0.6) is 5.75 Å². The van der Waals surface area contributed by atoms with Crippen molar-refractivity contribution in [1.29, 1.82) is 0 Å². The number of rotatable bonds is 7. The first-order chi connectivity index (χ1) is 23.2. The Bertz CT molecular complexity index is 2160. The molecule has 0 bridgehead atoms. The van der Waals surface area contributed by atoms with Gasteiger partial charge in [0.2, 0.25) is 11.7 Å². The van der Waals surface area contributed by atoms with Gasteiger partial charge in [0.1, 0.15) is 18.6 Å². The van der Waals surface area contributed by atoms with Crippen LogP contribution in [0, 0.1) is 6.92 Å². The fourth-order valence-electron chi connectivity index (χ4n) is 6.14. The van der Waals surface area contributed by atoms with Gasteiger partial charge in [-0.25, -0.2) is 9.97 Å². The van der Waals surface area contributed by atoms with Gasteiger partial charge in [0.15, 0.2) is 17.3 Å². The van der Waals surface area contributed by atoms with E-state index < -0.39 is 5.91 Å². The number of ether oxygens (including phenoxy) is 1. The van der Waals surface area contributed by atoms with Crippen molar-refractivity contribution in [2.45, 2.75) is 33.2 Å². The quantitative estimate of drug-likeness (QED) is 0.224. The van der Waals surface area contributed by atoms with Crippen LogP contribution in [-0.2, 0) is 22.5 Å². The minimum atomic E-state index is -0.414. The number of nitrogens with zero attached hydrogens (tertiary/aromatic N) is 9. The van der Waals surface area contributed by atoms with Gasteiger partial charge in [-0.3, -0.25) is 19.5 Å². The molecule has 1 saturated heterocycles. The monoisotopic (exact) mass is 717 g/mol. The van der Waals surface area contributed by atoms with E-state index in [4.69, 9.17) is 9.72 Å². The van der Waals surface area contributed by atoms with Crippen LogP contribution in [0.4, 0.5) is 11.4 Å². The number of hydrogen-bond acceptors (Lipinski definition) is 11. The molecule has 0 unspecified atom stereocenters. The lowest BCUT2D eigenvalue weighted by Gasteiger charge is -2.36. The number of aromatic hydroxyl groups is 1. The molecule has 2 amide bonds. The lowest BCUT2D eigenvalue weighted by Crippen LogP contribution is -2.51. The SMILES string of the molecule is CCc1c(N2CCN(C(=O)c3ncnc(C)c3O)CC2)c(=O)n2nc(C3=CCOCC3)nc2n1CC(=O)Nc1ccc(Br)c2cn[nH]c12. The van der Waals surface area contributed by atoms with E-state index >= 15 is 0 Å². The molecular formula is C31H32BrN11O5. The summed E-state index contributed by atoms with van der Waals surface area (Å²) in [5.74, 6) is -0.328. The van der Waals surface area contributed by atoms with Gasteiger partial charge in [-0.05, 0) is 37.5 Å². The van der Waals surface area contributed by atoms with Crippen molar-refractivity contribution in [1.82, 2.24) is 44.2 Å². The first-order valence-electron chi connectivity index (χ1n) is 15.5. The normalized spacial score (nSPS) is 15.3. The third-order valence-corrected chi connectivity index (χ3v) is 9.33. The maximum absolute atomic E-state index is 14.2. The summed E-state index contributed by atoms with van der Waals surface area (Å²) in [6.07, 6.45) is 5.84. The number of aryl methyl sites for hydroxylation is 1. The Hall–Kier alpha value is -5.16. The summed E-state index contributed by atoms with van der Waals surface area (Å²) >= 11 is 3.51. The fourth-order valence-corrected chi connectivity index (χ4v) is 6.57. The number of halogens is 1. The third-order valence-electron chi connectivity index (χ3n) is 8.64. The Morgan fingerprint density at radius 3 is 2.73 bits per heavy atom. The van der Waals surface area contributed by atoms with Crippen LogP contribution in [0.3, 0.4) is 0 Å². The lowest BCUT2D eigenvalue weighted by molar-refractivity contribution is -0.116. The molecule has 16 nitrogen and oxygen atoms in total. The Kier molecular flexibility index (Phi) is 8.38. The molecule has 0 radical (unpaired) electrons. The van der Waals surface area contributed by atoms with E-state index in [9.17, 15) is 19.5 Å². The summed E-state index contributed by atoms with van der Waals surface area (Å²) in [6.45, 7) is 5.54.